The molecule has 0 unspecified atom stereocenters. The molecule has 4 rings (SSSR count). The maximum Gasteiger partial charge on any atom is 0.253 e. The molecule has 0 saturated carbocycles. The maximum absolute atomic E-state index is 13.6. The van der Waals surface area contributed by atoms with Gasteiger partial charge < -0.3 is 10.6 Å². The predicted octanol–water partition coefficient (Wildman–Crippen LogP) is 4.44. The Morgan fingerprint density at radius 2 is 1.79 bits per heavy atom. The number of anilines is 2. The van der Waals surface area contributed by atoms with Crippen molar-refractivity contribution in [3.63, 3.8) is 0 Å². The number of amides is 1. The smallest absolute Gasteiger partial charge is 0.253 e. The van der Waals surface area contributed by atoms with Crippen molar-refractivity contribution in [3.8, 4) is 0 Å². The second-order valence-corrected chi connectivity index (χ2v) is 6.21. The van der Waals surface area contributed by atoms with Gasteiger partial charge >= 0.3 is 0 Å². The van der Waals surface area contributed by atoms with Crippen LogP contribution < -0.4 is 10.6 Å². The standard InChI is InChI=1S/C22H17FN4O/c23-18-8-2-1-5-16(18)13-26-22(28)17-10-11-20(25-14-17)27-19-9-3-6-15-7-4-12-24-21(15)19/h1-12,14H,13H2,(H,25,27)(H,26,28). The summed E-state index contributed by atoms with van der Waals surface area (Å²) in [7, 11) is 0. The molecule has 0 radical (unpaired) electrons. The van der Waals surface area contributed by atoms with Crippen LogP contribution >= 0.6 is 0 Å². The number of pyridine rings is 2. The molecule has 6 heteroatoms. The van der Waals surface area contributed by atoms with E-state index in [-0.39, 0.29) is 18.3 Å². The van der Waals surface area contributed by atoms with Gasteiger partial charge in [0.05, 0.1) is 16.8 Å². The molecule has 0 saturated heterocycles. The molecule has 0 aliphatic rings. The topological polar surface area (TPSA) is 66.9 Å². The monoisotopic (exact) mass is 372 g/mol. The maximum atomic E-state index is 13.6. The summed E-state index contributed by atoms with van der Waals surface area (Å²) in [5, 5.41) is 6.95. The van der Waals surface area contributed by atoms with Gasteiger partial charge in [0.1, 0.15) is 11.6 Å². The van der Waals surface area contributed by atoms with E-state index in [1.165, 1.54) is 12.3 Å². The molecule has 0 fully saturated rings. The molecule has 1 amide bonds. The molecule has 4 aromatic rings. The van der Waals surface area contributed by atoms with Gasteiger partial charge in [0, 0.05) is 29.9 Å². The molecule has 2 heterocycles. The Balaban J connectivity index is 1.45. The second kappa shape index (κ2) is 7.84. The Morgan fingerprint density at radius 3 is 2.61 bits per heavy atom. The lowest BCUT2D eigenvalue weighted by atomic mass is 10.2. The summed E-state index contributed by atoms with van der Waals surface area (Å²) >= 11 is 0. The van der Waals surface area contributed by atoms with Crippen LogP contribution in [0.2, 0.25) is 0 Å². The van der Waals surface area contributed by atoms with E-state index in [4.69, 9.17) is 0 Å². The summed E-state index contributed by atoms with van der Waals surface area (Å²) in [4.78, 5) is 21.0. The number of benzene rings is 2. The highest BCUT2D eigenvalue weighted by molar-refractivity contribution is 5.94. The van der Waals surface area contributed by atoms with E-state index >= 15 is 0 Å². The quantitative estimate of drug-likeness (QED) is 0.543. The van der Waals surface area contributed by atoms with Crippen molar-refractivity contribution >= 4 is 28.3 Å². The summed E-state index contributed by atoms with van der Waals surface area (Å²) in [5.41, 5.74) is 2.52. The summed E-state index contributed by atoms with van der Waals surface area (Å²) in [5.74, 6) is -0.0536. The van der Waals surface area contributed by atoms with Crippen molar-refractivity contribution in [2.45, 2.75) is 6.54 Å². The number of halogens is 1. The van der Waals surface area contributed by atoms with Gasteiger partial charge in [0.15, 0.2) is 0 Å². The number of carbonyl (C=O) groups is 1. The van der Waals surface area contributed by atoms with Gasteiger partial charge in [-0.3, -0.25) is 9.78 Å². The number of hydrogen-bond donors (Lipinski definition) is 2. The first kappa shape index (κ1) is 17.6. The number of aromatic nitrogens is 2. The minimum Gasteiger partial charge on any atom is -0.348 e. The molecule has 2 aromatic carbocycles. The van der Waals surface area contributed by atoms with E-state index in [0.29, 0.717) is 16.9 Å². The predicted molar refractivity (Wildman–Crippen MR) is 107 cm³/mol. The van der Waals surface area contributed by atoms with E-state index < -0.39 is 0 Å². The van der Waals surface area contributed by atoms with Gasteiger partial charge in [0.25, 0.3) is 5.91 Å². The number of nitrogens with zero attached hydrogens (tertiary/aromatic N) is 2. The van der Waals surface area contributed by atoms with Gasteiger partial charge in [0.2, 0.25) is 0 Å². The van der Waals surface area contributed by atoms with Crippen LogP contribution in [-0.2, 0) is 6.54 Å². The molecule has 138 valence electrons. The first-order valence-corrected chi connectivity index (χ1v) is 8.79. The van der Waals surface area contributed by atoms with Crippen LogP contribution in [-0.4, -0.2) is 15.9 Å². The van der Waals surface area contributed by atoms with Gasteiger partial charge in [-0.05, 0) is 30.3 Å². The molecule has 0 aliphatic heterocycles. The van der Waals surface area contributed by atoms with E-state index in [2.05, 4.69) is 20.6 Å². The minimum absolute atomic E-state index is 0.118. The van der Waals surface area contributed by atoms with E-state index in [0.717, 1.165) is 16.6 Å². The molecular formula is C22H17FN4O. The largest absolute Gasteiger partial charge is 0.348 e. The Hall–Kier alpha value is -3.80. The number of hydrogen-bond acceptors (Lipinski definition) is 4. The van der Waals surface area contributed by atoms with Crippen molar-refractivity contribution in [3.05, 3.63) is 96.1 Å². The Kier molecular flexibility index (Phi) is 4.93. The van der Waals surface area contributed by atoms with Crippen molar-refractivity contribution in [1.29, 1.82) is 0 Å². The zero-order valence-corrected chi connectivity index (χ0v) is 14.9. The van der Waals surface area contributed by atoms with Crippen LogP contribution in [0, 0.1) is 5.82 Å². The number of carbonyl (C=O) groups excluding carboxylic acids is 1. The lowest BCUT2D eigenvalue weighted by Gasteiger charge is -2.09. The molecule has 0 spiro atoms. The SMILES string of the molecule is O=C(NCc1ccccc1F)c1ccc(Nc2cccc3cccnc23)nc1. The average Bonchev–Trinajstić information content (AvgIpc) is 2.74. The lowest BCUT2D eigenvalue weighted by molar-refractivity contribution is 0.0950. The fourth-order valence-electron chi connectivity index (χ4n) is 2.86. The molecule has 5 nitrogen and oxygen atoms in total. The van der Waals surface area contributed by atoms with Gasteiger partial charge in [-0.1, -0.05) is 36.4 Å². The third kappa shape index (κ3) is 3.81. The van der Waals surface area contributed by atoms with Gasteiger partial charge in [-0.15, -0.1) is 0 Å². The van der Waals surface area contributed by atoms with Gasteiger partial charge in [-0.25, -0.2) is 9.37 Å². The third-order valence-corrected chi connectivity index (χ3v) is 4.32. The van der Waals surface area contributed by atoms with Crippen LogP contribution in [0.1, 0.15) is 15.9 Å². The number of nitrogens with one attached hydrogen (secondary N) is 2. The highest BCUT2D eigenvalue weighted by atomic mass is 19.1. The zero-order chi connectivity index (χ0) is 19.3. The van der Waals surface area contributed by atoms with Gasteiger partial charge in [-0.2, -0.15) is 0 Å². The molecule has 0 bridgehead atoms. The first-order chi connectivity index (χ1) is 13.7. The summed E-state index contributed by atoms with van der Waals surface area (Å²) in [6.45, 7) is 0.118. The Labute approximate surface area is 161 Å². The summed E-state index contributed by atoms with van der Waals surface area (Å²) < 4.78 is 13.6. The summed E-state index contributed by atoms with van der Waals surface area (Å²) in [6.07, 6.45) is 3.22. The molecule has 0 aliphatic carbocycles. The van der Waals surface area contributed by atoms with Crippen molar-refractivity contribution in [2.24, 2.45) is 0 Å². The van der Waals surface area contributed by atoms with E-state index in [9.17, 15) is 9.18 Å². The second-order valence-electron chi connectivity index (χ2n) is 6.21. The highest BCUT2D eigenvalue weighted by Crippen LogP contribution is 2.23. The molecular weight excluding hydrogens is 355 g/mol. The number of rotatable bonds is 5. The molecule has 2 N–H and O–H groups in total. The third-order valence-electron chi connectivity index (χ3n) is 4.32. The van der Waals surface area contributed by atoms with E-state index in [1.807, 2.05) is 30.3 Å². The Morgan fingerprint density at radius 1 is 0.929 bits per heavy atom. The van der Waals surface area contributed by atoms with Crippen LogP contribution in [0.5, 0.6) is 0 Å². The van der Waals surface area contributed by atoms with Crippen LogP contribution in [0.15, 0.2) is 79.1 Å². The first-order valence-electron chi connectivity index (χ1n) is 8.79. The fourth-order valence-corrected chi connectivity index (χ4v) is 2.86. The van der Waals surface area contributed by atoms with Crippen LogP contribution in [0.25, 0.3) is 10.9 Å². The van der Waals surface area contributed by atoms with Crippen molar-refractivity contribution in [1.82, 2.24) is 15.3 Å². The van der Waals surface area contributed by atoms with Crippen LogP contribution in [0.3, 0.4) is 0 Å². The molecule has 28 heavy (non-hydrogen) atoms. The normalized spacial score (nSPS) is 10.6. The number of para-hydroxylation sites is 1. The molecule has 0 atom stereocenters. The highest BCUT2D eigenvalue weighted by Gasteiger charge is 2.09. The Bertz CT molecular complexity index is 1120. The lowest BCUT2D eigenvalue weighted by Crippen LogP contribution is -2.23. The van der Waals surface area contributed by atoms with E-state index in [1.54, 1.807) is 36.5 Å². The number of fused-ring (bicyclic) bond motifs is 1. The minimum atomic E-state index is -0.343. The van der Waals surface area contributed by atoms with Crippen LogP contribution in [0.4, 0.5) is 15.9 Å². The zero-order valence-electron chi connectivity index (χ0n) is 14.9. The molecule has 2 aromatic heterocycles. The average molecular weight is 372 g/mol. The van der Waals surface area contributed by atoms with Crippen molar-refractivity contribution in [2.75, 3.05) is 5.32 Å². The summed E-state index contributed by atoms with van der Waals surface area (Å²) in [6, 6.07) is 19.5. The fraction of sp³-hybridized carbons (Fsp3) is 0.0455. The van der Waals surface area contributed by atoms with Crippen molar-refractivity contribution < 1.29 is 9.18 Å².